The number of hydrogen-bond donors (Lipinski definition) is 1. The molecule has 5 rings (SSSR count). The lowest BCUT2D eigenvalue weighted by Gasteiger charge is -2.40. The average molecular weight is 556 g/mol. The van der Waals surface area contributed by atoms with E-state index in [4.69, 9.17) is 4.98 Å². The molecule has 0 bridgehead atoms. The molecule has 1 aliphatic rings. The van der Waals surface area contributed by atoms with Crippen molar-refractivity contribution in [2.75, 3.05) is 5.32 Å². The molecule has 0 saturated heterocycles. The third-order valence-electron chi connectivity index (χ3n) is 7.14. The summed E-state index contributed by atoms with van der Waals surface area (Å²) in [5.74, 6) is 1.27. The Bertz CT molecular complexity index is 1420. The predicted molar refractivity (Wildman–Crippen MR) is 149 cm³/mol. The van der Waals surface area contributed by atoms with E-state index in [1.54, 1.807) is 12.1 Å². The Morgan fingerprint density at radius 1 is 1.05 bits per heavy atom. The molecule has 9 heteroatoms. The van der Waals surface area contributed by atoms with Crippen LogP contribution < -0.4 is 10.1 Å². The van der Waals surface area contributed by atoms with E-state index in [0.29, 0.717) is 28.2 Å². The van der Waals surface area contributed by atoms with E-state index in [1.165, 1.54) is 12.1 Å². The predicted octanol–water partition coefficient (Wildman–Crippen LogP) is 8.37. The topological polar surface area (TPSA) is 62.1 Å². The molecule has 1 aliphatic carbocycles. The lowest BCUT2D eigenvalue weighted by Crippen LogP contribution is -2.29. The van der Waals surface area contributed by atoms with Gasteiger partial charge in [0.2, 0.25) is 5.95 Å². The van der Waals surface area contributed by atoms with E-state index in [9.17, 15) is 17.7 Å². The van der Waals surface area contributed by atoms with E-state index < -0.39 is 17.5 Å². The summed E-state index contributed by atoms with van der Waals surface area (Å²) >= 11 is -1.24. The fourth-order valence-electron chi connectivity index (χ4n) is 5.85. The first kappa shape index (κ1) is 27.4. The molecule has 3 aromatic carbocycles. The van der Waals surface area contributed by atoms with Crippen LogP contribution in [0.4, 0.5) is 24.8 Å². The zero-order valence-corrected chi connectivity index (χ0v) is 23.0. The largest absolute Gasteiger partial charge is 0.611 e. The molecular weight excluding hydrogens is 523 g/mol. The van der Waals surface area contributed by atoms with Gasteiger partial charge < -0.3 is 19.2 Å². The van der Waals surface area contributed by atoms with Gasteiger partial charge in [-0.1, -0.05) is 51.1 Å². The Balaban J connectivity index is 1.49. The third-order valence-corrected chi connectivity index (χ3v) is 8.51. The molecule has 1 N–H and O–H groups in total. The number of benzene rings is 3. The number of rotatable bonds is 7. The minimum absolute atomic E-state index is 0.157. The molecular formula is C30H32F3N3O2S. The second kappa shape index (κ2) is 10.8. The van der Waals surface area contributed by atoms with E-state index in [-0.39, 0.29) is 17.2 Å². The number of alkyl halides is 3. The smallest absolute Gasteiger partial charge is 0.573 e. The van der Waals surface area contributed by atoms with Gasteiger partial charge in [0.15, 0.2) is 4.90 Å². The molecule has 0 spiro atoms. The number of nitrogens with one attached hydrogen (secondary N) is 1. The molecule has 1 aromatic heterocycles. The van der Waals surface area contributed by atoms with Gasteiger partial charge in [-0.15, -0.1) is 13.2 Å². The summed E-state index contributed by atoms with van der Waals surface area (Å²) < 4.78 is 57.2. The van der Waals surface area contributed by atoms with Gasteiger partial charge in [0.25, 0.3) is 0 Å². The third kappa shape index (κ3) is 6.70. The van der Waals surface area contributed by atoms with Gasteiger partial charge >= 0.3 is 6.36 Å². The van der Waals surface area contributed by atoms with Gasteiger partial charge in [0.1, 0.15) is 11.5 Å². The molecule has 0 aliphatic heterocycles. The van der Waals surface area contributed by atoms with Crippen LogP contribution in [0.1, 0.15) is 51.6 Å². The molecule has 0 radical (unpaired) electrons. The van der Waals surface area contributed by atoms with Gasteiger partial charge in [0.05, 0.1) is 11.0 Å². The van der Waals surface area contributed by atoms with Crippen molar-refractivity contribution >= 4 is 33.8 Å². The Morgan fingerprint density at radius 3 is 2.44 bits per heavy atom. The summed E-state index contributed by atoms with van der Waals surface area (Å²) in [6.45, 7) is 6.84. The van der Waals surface area contributed by atoms with Crippen LogP contribution in [-0.2, 0) is 16.9 Å². The van der Waals surface area contributed by atoms with Crippen molar-refractivity contribution in [2.45, 2.75) is 63.1 Å². The monoisotopic (exact) mass is 555 g/mol. The van der Waals surface area contributed by atoms with E-state index >= 15 is 0 Å². The summed E-state index contributed by atoms with van der Waals surface area (Å²) in [4.78, 5) is 5.60. The number of halogens is 3. The Kier molecular flexibility index (Phi) is 7.57. The fourth-order valence-corrected chi connectivity index (χ4v) is 6.97. The maximum atomic E-state index is 13.2. The normalized spacial score (nSPS) is 20.1. The second-order valence-electron chi connectivity index (χ2n) is 11.2. The fraction of sp³-hybridized carbons (Fsp3) is 0.367. The zero-order chi connectivity index (χ0) is 27.8. The highest BCUT2D eigenvalue weighted by Crippen LogP contribution is 2.46. The zero-order valence-electron chi connectivity index (χ0n) is 22.2. The molecule has 5 nitrogen and oxygen atoms in total. The van der Waals surface area contributed by atoms with Crippen molar-refractivity contribution < 1.29 is 22.5 Å². The standard InChI is InChI=1S/C30H32F3N3O2S/c1-20-15-23(18-29(2,3)17-20)36-27-14-13-25(39(37)19-21-7-5-4-6-8-21)16-26(27)35-28(36)34-22-9-11-24(12-10-22)38-30(31,32)33/h4-14,16,20,23H,15,17-19H2,1-3H3,(H,34,35)/t20-,23+,39?/m0/s1. The Labute approximate surface area is 229 Å². The number of aromatic nitrogens is 2. The number of imidazole rings is 1. The van der Waals surface area contributed by atoms with Crippen LogP contribution in [0, 0.1) is 11.3 Å². The van der Waals surface area contributed by atoms with E-state index in [2.05, 4.69) is 35.4 Å². The van der Waals surface area contributed by atoms with Crippen LogP contribution in [0.25, 0.3) is 11.0 Å². The first-order chi connectivity index (χ1) is 18.5. The molecule has 206 valence electrons. The number of nitrogens with zero attached hydrogens (tertiary/aromatic N) is 2. The van der Waals surface area contributed by atoms with Crippen LogP contribution in [0.5, 0.6) is 5.75 Å². The SMILES string of the molecule is C[C@H]1C[C@@H](n2c(Nc3ccc(OC(F)(F)F)cc3)nc3cc([S+]([O-])Cc4ccccc4)ccc32)CC(C)(C)C1. The lowest BCUT2D eigenvalue weighted by molar-refractivity contribution is -0.274. The minimum atomic E-state index is -4.74. The average Bonchev–Trinajstić information content (AvgIpc) is 3.20. The van der Waals surface area contributed by atoms with Gasteiger partial charge in [0, 0.05) is 23.4 Å². The van der Waals surface area contributed by atoms with Crippen LogP contribution >= 0.6 is 0 Å². The highest BCUT2D eigenvalue weighted by atomic mass is 32.2. The Morgan fingerprint density at radius 2 is 1.77 bits per heavy atom. The first-order valence-electron chi connectivity index (χ1n) is 13.0. The number of fused-ring (bicyclic) bond motifs is 1. The van der Waals surface area contributed by atoms with Crippen molar-refractivity contribution in [1.82, 2.24) is 9.55 Å². The van der Waals surface area contributed by atoms with Gasteiger partial charge in [-0.3, -0.25) is 0 Å². The summed E-state index contributed by atoms with van der Waals surface area (Å²) in [7, 11) is 0. The van der Waals surface area contributed by atoms with Gasteiger partial charge in [-0.25, -0.2) is 4.98 Å². The summed E-state index contributed by atoms with van der Waals surface area (Å²) in [6.07, 6.45) is -1.64. The van der Waals surface area contributed by atoms with Crippen molar-refractivity contribution in [2.24, 2.45) is 11.3 Å². The summed E-state index contributed by atoms with van der Waals surface area (Å²) in [5.41, 5.74) is 3.41. The highest BCUT2D eigenvalue weighted by molar-refractivity contribution is 7.90. The first-order valence-corrected chi connectivity index (χ1v) is 14.3. The molecule has 1 fully saturated rings. The summed E-state index contributed by atoms with van der Waals surface area (Å²) in [6, 6.07) is 21.3. The van der Waals surface area contributed by atoms with Crippen LogP contribution in [0.2, 0.25) is 0 Å². The quantitative estimate of drug-likeness (QED) is 0.233. The minimum Gasteiger partial charge on any atom is -0.611 e. The van der Waals surface area contributed by atoms with Crippen molar-refractivity contribution in [3.05, 3.63) is 78.4 Å². The maximum Gasteiger partial charge on any atom is 0.573 e. The number of hydrogen-bond acceptors (Lipinski definition) is 4. The van der Waals surface area contributed by atoms with Crippen molar-refractivity contribution in [3.8, 4) is 5.75 Å². The van der Waals surface area contributed by atoms with Crippen LogP contribution in [0.15, 0.2) is 77.7 Å². The van der Waals surface area contributed by atoms with E-state index in [1.807, 2.05) is 48.5 Å². The molecule has 4 aromatic rings. The summed E-state index contributed by atoms with van der Waals surface area (Å²) in [5, 5.41) is 3.32. The van der Waals surface area contributed by atoms with Crippen molar-refractivity contribution in [1.29, 1.82) is 0 Å². The van der Waals surface area contributed by atoms with Gasteiger partial charge in [-0.2, -0.15) is 0 Å². The molecule has 3 atom stereocenters. The van der Waals surface area contributed by atoms with E-state index in [0.717, 1.165) is 35.9 Å². The number of anilines is 2. The maximum absolute atomic E-state index is 13.2. The molecule has 1 saturated carbocycles. The lowest BCUT2D eigenvalue weighted by atomic mass is 9.70. The van der Waals surface area contributed by atoms with Gasteiger partial charge in [-0.05, 0) is 78.2 Å². The second-order valence-corrected chi connectivity index (χ2v) is 12.6. The molecule has 0 amide bonds. The van der Waals surface area contributed by atoms with Crippen LogP contribution in [0.3, 0.4) is 0 Å². The highest BCUT2D eigenvalue weighted by Gasteiger charge is 2.35. The van der Waals surface area contributed by atoms with Crippen molar-refractivity contribution in [3.63, 3.8) is 0 Å². The molecule has 39 heavy (non-hydrogen) atoms. The van der Waals surface area contributed by atoms with Crippen LogP contribution in [-0.4, -0.2) is 20.5 Å². The number of ether oxygens (including phenoxy) is 1. The Hall–Kier alpha value is -3.17. The molecule has 1 heterocycles. The molecule has 1 unspecified atom stereocenters.